The minimum absolute atomic E-state index is 0.0259. The van der Waals surface area contributed by atoms with E-state index in [9.17, 15) is 4.79 Å². The third-order valence-corrected chi connectivity index (χ3v) is 6.06. The van der Waals surface area contributed by atoms with Crippen LogP contribution < -0.4 is 10.5 Å². The van der Waals surface area contributed by atoms with E-state index in [1.807, 2.05) is 56.0 Å². The van der Waals surface area contributed by atoms with E-state index in [0.717, 1.165) is 28.8 Å². The molecule has 1 aliphatic heterocycles. The number of ether oxygens (including phenoxy) is 1. The van der Waals surface area contributed by atoms with E-state index in [1.54, 1.807) is 18.7 Å². The summed E-state index contributed by atoms with van der Waals surface area (Å²) < 4.78 is 6.12. The van der Waals surface area contributed by atoms with Crippen molar-refractivity contribution in [1.82, 2.24) is 19.9 Å². The van der Waals surface area contributed by atoms with E-state index in [-0.39, 0.29) is 11.8 Å². The van der Waals surface area contributed by atoms with Crippen molar-refractivity contribution in [2.45, 2.75) is 45.6 Å². The summed E-state index contributed by atoms with van der Waals surface area (Å²) in [6.45, 7) is 9.00. The smallest absolute Gasteiger partial charge is 0.266 e. The fraction of sp³-hybridized carbons (Fsp3) is 0.360. The number of anilines is 1. The molecule has 0 radical (unpaired) electrons. The van der Waals surface area contributed by atoms with Gasteiger partial charge in [-0.25, -0.2) is 15.0 Å². The average molecular weight is 432 g/mol. The Kier molecular flexibility index (Phi) is 5.82. The molecule has 3 aromatic rings. The molecule has 1 saturated heterocycles. The predicted octanol–water partition coefficient (Wildman–Crippen LogP) is 3.91. The topological polar surface area (TPSA) is 94.2 Å². The van der Waals surface area contributed by atoms with Gasteiger partial charge >= 0.3 is 0 Å². The van der Waals surface area contributed by atoms with Gasteiger partial charge in [-0.3, -0.25) is 4.79 Å². The number of nitrogens with two attached hydrogens (primary N) is 1. The number of carbonyl (C=O) groups is 1. The van der Waals surface area contributed by atoms with E-state index >= 15 is 0 Å². The summed E-state index contributed by atoms with van der Waals surface area (Å²) in [7, 11) is 0. The van der Waals surface area contributed by atoms with Gasteiger partial charge in [0.1, 0.15) is 17.9 Å². The fourth-order valence-electron chi connectivity index (χ4n) is 4.17. The maximum atomic E-state index is 13.3. The normalized spacial score (nSPS) is 16.2. The SMILES string of the molecule is Cc1ccc(OC(C)(C)C(=O)N2CCC(c3ncncc3-c3ccnc(N)c3)C2)cc1C. The summed E-state index contributed by atoms with van der Waals surface area (Å²) in [5.41, 5.74) is 10.0. The molecule has 1 fully saturated rings. The maximum absolute atomic E-state index is 13.3. The highest BCUT2D eigenvalue weighted by Gasteiger charge is 2.39. The molecular formula is C25H29N5O2. The van der Waals surface area contributed by atoms with Gasteiger partial charge in [-0.15, -0.1) is 0 Å². The van der Waals surface area contributed by atoms with Crippen LogP contribution in [0.4, 0.5) is 5.82 Å². The van der Waals surface area contributed by atoms with Crippen LogP contribution >= 0.6 is 0 Å². The number of amides is 1. The molecule has 0 aliphatic carbocycles. The van der Waals surface area contributed by atoms with E-state index in [4.69, 9.17) is 10.5 Å². The molecule has 1 aromatic carbocycles. The number of aromatic nitrogens is 3. The molecule has 32 heavy (non-hydrogen) atoms. The average Bonchev–Trinajstić information content (AvgIpc) is 3.25. The van der Waals surface area contributed by atoms with Crippen LogP contribution in [0.3, 0.4) is 0 Å². The summed E-state index contributed by atoms with van der Waals surface area (Å²) >= 11 is 0. The summed E-state index contributed by atoms with van der Waals surface area (Å²) in [5.74, 6) is 1.24. The third-order valence-electron chi connectivity index (χ3n) is 6.06. The van der Waals surface area contributed by atoms with Crippen LogP contribution in [0.1, 0.15) is 43.0 Å². The van der Waals surface area contributed by atoms with Gasteiger partial charge in [0.15, 0.2) is 5.60 Å². The predicted molar refractivity (Wildman–Crippen MR) is 124 cm³/mol. The van der Waals surface area contributed by atoms with Crippen molar-refractivity contribution < 1.29 is 9.53 Å². The Morgan fingerprint density at radius 2 is 1.97 bits per heavy atom. The van der Waals surface area contributed by atoms with Gasteiger partial charge in [-0.05, 0) is 75.1 Å². The van der Waals surface area contributed by atoms with Crippen molar-refractivity contribution in [3.8, 4) is 16.9 Å². The second kappa shape index (κ2) is 8.57. The van der Waals surface area contributed by atoms with Crippen molar-refractivity contribution in [2.75, 3.05) is 18.8 Å². The van der Waals surface area contributed by atoms with Crippen LogP contribution in [-0.2, 0) is 4.79 Å². The first-order valence-corrected chi connectivity index (χ1v) is 10.8. The molecular weight excluding hydrogens is 402 g/mol. The first-order valence-electron chi connectivity index (χ1n) is 10.8. The number of likely N-dealkylation sites (tertiary alicyclic amines) is 1. The van der Waals surface area contributed by atoms with Gasteiger partial charge in [-0.2, -0.15) is 0 Å². The molecule has 1 aliphatic rings. The number of rotatable bonds is 5. The van der Waals surface area contributed by atoms with Crippen LogP contribution in [0.15, 0.2) is 49.1 Å². The van der Waals surface area contributed by atoms with Crippen LogP contribution in [-0.4, -0.2) is 44.4 Å². The van der Waals surface area contributed by atoms with Crippen molar-refractivity contribution in [3.63, 3.8) is 0 Å². The molecule has 1 unspecified atom stereocenters. The first kappa shape index (κ1) is 21.7. The van der Waals surface area contributed by atoms with E-state index < -0.39 is 5.60 Å². The largest absolute Gasteiger partial charge is 0.478 e. The molecule has 3 heterocycles. The molecule has 166 valence electrons. The Morgan fingerprint density at radius 3 is 2.72 bits per heavy atom. The summed E-state index contributed by atoms with van der Waals surface area (Å²) in [6.07, 6.45) is 5.86. The number of hydrogen-bond donors (Lipinski definition) is 1. The lowest BCUT2D eigenvalue weighted by molar-refractivity contribution is -0.144. The summed E-state index contributed by atoms with van der Waals surface area (Å²) in [5, 5.41) is 0. The number of nitrogens with zero attached hydrogens (tertiary/aromatic N) is 4. The van der Waals surface area contributed by atoms with Crippen molar-refractivity contribution >= 4 is 11.7 Å². The zero-order valence-electron chi connectivity index (χ0n) is 19.0. The second-order valence-electron chi connectivity index (χ2n) is 8.89. The molecule has 4 rings (SSSR count). The van der Waals surface area contributed by atoms with Gasteiger partial charge in [0.25, 0.3) is 5.91 Å². The highest BCUT2D eigenvalue weighted by atomic mass is 16.5. The van der Waals surface area contributed by atoms with Crippen LogP contribution in [0, 0.1) is 13.8 Å². The van der Waals surface area contributed by atoms with E-state index in [0.29, 0.717) is 24.7 Å². The quantitative estimate of drug-likeness (QED) is 0.658. The number of hydrogen-bond acceptors (Lipinski definition) is 6. The second-order valence-corrected chi connectivity index (χ2v) is 8.89. The Bertz CT molecular complexity index is 1140. The molecule has 0 bridgehead atoms. The molecule has 7 nitrogen and oxygen atoms in total. The van der Waals surface area contributed by atoms with Crippen LogP contribution in [0.5, 0.6) is 5.75 Å². The Labute approximate surface area is 188 Å². The molecule has 1 atom stereocenters. The molecule has 7 heteroatoms. The molecule has 0 spiro atoms. The minimum atomic E-state index is -0.968. The van der Waals surface area contributed by atoms with Gasteiger partial charge in [0, 0.05) is 37.0 Å². The molecule has 1 amide bonds. The standard InChI is InChI=1S/C25H29N5O2/c1-16-5-6-20(11-17(16)2)32-25(3,4)24(31)30-10-8-19(14-30)23-21(13-27-15-29-23)18-7-9-28-22(26)12-18/h5-7,9,11-13,15,19H,8,10,14H2,1-4H3,(H2,26,28). The monoisotopic (exact) mass is 431 g/mol. The number of nitrogen functional groups attached to an aromatic ring is 1. The zero-order valence-corrected chi connectivity index (χ0v) is 19.0. The third kappa shape index (κ3) is 4.42. The number of aryl methyl sites for hydroxylation is 2. The number of benzene rings is 1. The maximum Gasteiger partial charge on any atom is 0.266 e. The van der Waals surface area contributed by atoms with E-state index in [1.165, 1.54) is 5.56 Å². The zero-order chi connectivity index (χ0) is 22.9. The lowest BCUT2D eigenvalue weighted by Crippen LogP contribution is -2.48. The van der Waals surface area contributed by atoms with Crippen molar-refractivity contribution in [1.29, 1.82) is 0 Å². The van der Waals surface area contributed by atoms with Gasteiger partial charge < -0.3 is 15.4 Å². The lowest BCUT2D eigenvalue weighted by Gasteiger charge is -2.30. The van der Waals surface area contributed by atoms with Gasteiger partial charge in [-0.1, -0.05) is 6.07 Å². The van der Waals surface area contributed by atoms with Crippen LogP contribution in [0.25, 0.3) is 11.1 Å². The van der Waals surface area contributed by atoms with Gasteiger partial charge in [0.2, 0.25) is 0 Å². The first-order chi connectivity index (χ1) is 15.2. The lowest BCUT2D eigenvalue weighted by atomic mass is 9.96. The Balaban J connectivity index is 1.51. The highest BCUT2D eigenvalue weighted by Crippen LogP contribution is 2.34. The fourth-order valence-corrected chi connectivity index (χ4v) is 4.17. The Morgan fingerprint density at radius 1 is 1.16 bits per heavy atom. The number of pyridine rings is 1. The van der Waals surface area contributed by atoms with Crippen LogP contribution in [0.2, 0.25) is 0 Å². The molecule has 2 aromatic heterocycles. The summed E-state index contributed by atoms with van der Waals surface area (Å²) in [6, 6.07) is 9.62. The minimum Gasteiger partial charge on any atom is -0.478 e. The summed E-state index contributed by atoms with van der Waals surface area (Å²) in [4.78, 5) is 28.1. The van der Waals surface area contributed by atoms with Gasteiger partial charge in [0.05, 0.1) is 5.69 Å². The molecule has 0 saturated carbocycles. The number of carbonyl (C=O) groups excluding carboxylic acids is 1. The van der Waals surface area contributed by atoms with E-state index in [2.05, 4.69) is 21.9 Å². The van der Waals surface area contributed by atoms with Crippen molar-refractivity contribution in [2.24, 2.45) is 0 Å². The molecule has 2 N–H and O–H groups in total. The highest BCUT2D eigenvalue weighted by molar-refractivity contribution is 5.85. The Hall–Kier alpha value is -3.48. The van der Waals surface area contributed by atoms with Crippen molar-refractivity contribution in [3.05, 3.63) is 65.9 Å².